The van der Waals surface area contributed by atoms with E-state index in [1.165, 1.54) is 11.3 Å². The van der Waals surface area contributed by atoms with Gasteiger partial charge in [0.1, 0.15) is 5.75 Å². The van der Waals surface area contributed by atoms with Crippen LogP contribution in [0.4, 0.5) is 16.5 Å². The first-order valence-electron chi connectivity index (χ1n) is 7.69. The van der Waals surface area contributed by atoms with Crippen molar-refractivity contribution < 1.29 is 9.84 Å². The second-order valence-corrected chi connectivity index (χ2v) is 6.44. The molecular formula is C19H15N3O2S. The maximum absolute atomic E-state index is 10.2. The first kappa shape index (κ1) is 15.4. The summed E-state index contributed by atoms with van der Waals surface area (Å²) in [5.74, 6) is 0.710. The Morgan fingerprint density at radius 2 is 1.92 bits per heavy atom. The summed E-state index contributed by atoms with van der Waals surface area (Å²) in [7, 11) is 1.62. The molecule has 4 rings (SSSR count). The van der Waals surface area contributed by atoms with E-state index in [1.54, 1.807) is 13.3 Å². The number of allylic oxidation sites excluding steroid dienone is 1. The minimum Gasteiger partial charge on any atom is -0.495 e. The smallest absolute Gasteiger partial charge is 0.231 e. The molecule has 0 atom stereocenters. The van der Waals surface area contributed by atoms with Gasteiger partial charge in [0, 0.05) is 17.4 Å². The van der Waals surface area contributed by atoms with Crippen LogP contribution in [0.2, 0.25) is 0 Å². The standard InChI is InChI=1S/C19H15N3O2S/c1-24-16-9-5-4-8-15(16)21-19-22-18(23)17(25-19)10-12-11-20-14-7-3-2-6-13(12)14/h2-11,23H,1H3,(H,21,22)/b12-10+. The van der Waals surface area contributed by atoms with E-state index in [1.807, 2.05) is 54.6 Å². The van der Waals surface area contributed by atoms with Crippen molar-refractivity contribution in [3.8, 4) is 11.6 Å². The fraction of sp³-hybridized carbons (Fsp3) is 0.0526. The van der Waals surface area contributed by atoms with Gasteiger partial charge in [-0.15, -0.1) is 0 Å². The largest absolute Gasteiger partial charge is 0.495 e. The monoisotopic (exact) mass is 349 g/mol. The minimum absolute atomic E-state index is 0.00678. The summed E-state index contributed by atoms with van der Waals surface area (Å²) in [6, 6.07) is 15.5. The molecule has 1 aromatic heterocycles. The van der Waals surface area contributed by atoms with E-state index in [0.29, 0.717) is 15.8 Å². The van der Waals surface area contributed by atoms with Crippen LogP contribution >= 0.6 is 11.3 Å². The number of nitrogens with zero attached hydrogens (tertiary/aromatic N) is 2. The lowest BCUT2D eigenvalue weighted by Gasteiger charge is -2.07. The number of aromatic nitrogens is 1. The zero-order chi connectivity index (χ0) is 17.2. The molecule has 0 saturated heterocycles. The van der Waals surface area contributed by atoms with Crippen molar-refractivity contribution in [2.45, 2.75) is 0 Å². The lowest BCUT2D eigenvalue weighted by atomic mass is 10.1. The van der Waals surface area contributed by atoms with Crippen LogP contribution in [0.5, 0.6) is 11.6 Å². The van der Waals surface area contributed by atoms with E-state index < -0.39 is 0 Å². The first-order chi connectivity index (χ1) is 12.2. The molecule has 124 valence electrons. The van der Waals surface area contributed by atoms with Crippen LogP contribution in [0.3, 0.4) is 0 Å². The molecule has 0 amide bonds. The Hall–Kier alpha value is -3.12. The lowest BCUT2D eigenvalue weighted by Crippen LogP contribution is -1.93. The fourth-order valence-corrected chi connectivity index (χ4v) is 3.45. The van der Waals surface area contributed by atoms with Crippen LogP contribution in [0, 0.1) is 0 Å². The number of fused-ring (bicyclic) bond motifs is 1. The predicted molar refractivity (Wildman–Crippen MR) is 103 cm³/mol. The topological polar surface area (TPSA) is 66.7 Å². The number of ether oxygens (including phenoxy) is 1. The molecule has 25 heavy (non-hydrogen) atoms. The maximum atomic E-state index is 10.2. The number of hydrogen-bond acceptors (Lipinski definition) is 6. The Labute approximate surface area is 149 Å². The third-order valence-corrected chi connectivity index (χ3v) is 4.73. The van der Waals surface area contributed by atoms with E-state index in [9.17, 15) is 5.11 Å². The molecule has 2 aromatic carbocycles. The van der Waals surface area contributed by atoms with Gasteiger partial charge >= 0.3 is 0 Å². The van der Waals surface area contributed by atoms with Gasteiger partial charge in [-0.1, -0.05) is 41.7 Å². The number of methoxy groups -OCH3 is 1. The summed E-state index contributed by atoms with van der Waals surface area (Å²) < 4.78 is 5.32. The van der Waals surface area contributed by atoms with Gasteiger partial charge in [0.25, 0.3) is 0 Å². The van der Waals surface area contributed by atoms with Crippen molar-refractivity contribution in [3.05, 3.63) is 59.0 Å². The van der Waals surface area contributed by atoms with Crippen molar-refractivity contribution in [3.63, 3.8) is 0 Å². The molecule has 2 N–H and O–H groups in total. The predicted octanol–water partition coefficient (Wildman–Crippen LogP) is 4.86. The number of nitrogens with one attached hydrogen (secondary N) is 1. The fourth-order valence-electron chi connectivity index (χ4n) is 2.63. The molecule has 0 aliphatic carbocycles. The minimum atomic E-state index is -0.00678. The summed E-state index contributed by atoms with van der Waals surface area (Å²) in [5, 5.41) is 14.0. The lowest BCUT2D eigenvalue weighted by molar-refractivity contribution is 0.417. The number of thiazole rings is 1. The molecule has 0 fully saturated rings. The first-order valence-corrected chi connectivity index (χ1v) is 8.51. The van der Waals surface area contributed by atoms with E-state index in [2.05, 4.69) is 15.3 Å². The second-order valence-electron chi connectivity index (χ2n) is 5.41. The van der Waals surface area contributed by atoms with Gasteiger partial charge in [-0.05, 0) is 24.3 Å². The highest BCUT2D eigenvalue weighted by atomic mass is 32.1. The van der Waals surface area contributed by atoms with Crippen LogP contribution in [0.25, 0.3) is 11.6 Å². The molecule has 6 heteroatoms. The number of benzene rings is 2. The average molecular weight is 349 g/mol. The van der Waals surface area contributed by atoms with Gasteiger partial charge in [-0.3, -0.25) is 4.99 Å². The van der Waals surface area contributed by atoms with Gasteiger partial charge < -0.3 is 15.2 Å². The summed E-state index contributed by atoms with van der Waals surface area (Å²) in [5.41, 5.74) is 3.74. The molecule has 0 spiro atoms. The molecule has 0 unspecified atom stereocenters. The number of rotatable bonds is 4. The Morgan fingerprint density at radius 1 is 1.12 bits per heavy atom. The normalized spacial score (nSPS) is 13.9. The quantitative estimate of drug-likeness (QED) is 0.706. The maximum Gasteiger partial charge on any atom is 0.231 e. The SMILES string of the molecule is COc1ccccc1Nc1nc(O)c(/C=C2\C=Nc3ccccc32)s1. The molecule has 3 aromatic rings. The third kappa shape index (κ3) is 2.99. The highest BCUT2D eigenvalue weighted by Gasteiger charge is 2.15. The molecule has 0 saturated carbocycles. The van der Waals surface area contributed by atoms with Gasteiger partial charge in [0.15, 0.2) is 5.13 Å². The molecule has 1 aliphatic heterocycles. The van der Waals surface area contributed by atoms with Crippen molar-refractivity contribution in [2.24, 2.45) is 4.99 Å². The van der Waals surface area contributed by atoms with E-state index in [-0.39, 0.29) is 5.88 Å². The van der Waals surface area contributed by atoms with Crippen molar-refractivity contribution in [2.75, 3.05) is 12.4 Å². The van der Waals surface area contributed by atoms with Crippen molar-refractivity contribution in [1.82, 2.24) is 4.98 Å². The second kappa shape index (κ2) is 6.41. The summed E-state index contributed by atoms with van der Waals surface area (Å²) in [6.45, 7) is 0. The van der Waals surface area contributed by atoms with Crippen molar-refractivity contribution in [1.29, 1.82) is 0 Å². The van der Waals surface area contributed by atoms with Gasteiger partial charge in [-0.25, -0.2) is 0 Å². The highest BCUT2D eigenvalue weighted by molar-refractivity contribution is 7.16. The van der Waals surface area contributed by atoms with Gasteiger partial charge in [-0.2, -0.15) is 4.98 Å². The zero-order valence-corrected chi connectivity index (χ0v) is 14.2. The van der Waals surface area contributed by atoms with Crippen molar-refractivity contribution >= 4 is 45.7 Å². The number of aromatic hydroxyl groups is 1. The van der Waals surface area contributed by atoms with Crippen LogP contribution in [-0.4, -0.2) is 23.4 Å². The molecule has 0 radical (unpaired) electrons. The average Bonchev–Trinajstić information content (AvgIpc) is 3.20. The molecule has 0 bridgehead atoms. The van der Waals surface area contributed by atoms with Gasteiger partial charge in [0.2, 0.25) is 5.88 Å². The van der Waals surface area contributed by atoms with E-state index in [0.717, 1.165) is 22.5 Å². The van der Waals surface area contributed by atoms with E-state index in [4.69, 9.17) is 4.74 Å². The van der Waals surface area contributed by atoms with E-state index >= 15 is 0 Å². The Balaban J connectivity index is 1.64. The number of para-hydroxylation sites is 3. The molecule has 5 nitrogen and oxygen atoms in total. The van der Waals surface area contributed by atoms with Crippen LogP contribution in [0.1, 0.15) is 10.4 Å². The third-order valence-electron chi connectivity index (χ3n) is 3.83. The summed E-state index contributed by atoms with van der Waals surface area (Å²) in [4.78, 5) is 9.26. The highest BCUT2D eigenvalue weighted by Crippen LogP contribution is 2.37. The molecule has 2 heterocycles. The van der Waals surface area contributed by atoms with Crippen LogP contribution < -0.4 is 10.1 Å². The van der Waals surface area contributed by atoms with Gasteiger partial charge in [0.05, 0.1) is 23.4 Å². The number of aliphatic imine (C=N–C) groups is 1. The summed E-state index contributed by atoms with van der Waals surface area (Å²) >= 11 is 1.37. The van der Waals surface area contributed by atoms with Crippen LogP contribution in [-0.2, 0) is 0 Å². The molecular weight excluding hydrogens is 334 g/mol. The summed E-state index contributed by atoms with van der Waals surface area (Å²) in [6.07, 6.45) is 3.70. The number of hydrogen-bond donors (Lipinski definition) is 2. The Bertz CT molecular complexity index is 992. The Morgan fingerprint density at radius 3 is 2.80 bits per heavy atom. The zero-order valence-electron chi connectivity index (χ0n) is 13.4. The number of anilines is 2. The molecule has 1 aliphatic rings. The van der Waals surface area contributed by atoms with Crippen LogP contribution in [0.15, 0.2) is 53.5 Å². The Kier molecular flexibility index (Phi) is 3.95.